The van der Waals surface area contributed by atoms with Gasteiger partial charge in [-0.05, 0) is 111 Å². The van der Waals surface area contributed by atoms with E-state index in [1.165, 1.54) is 44.9 Å². The minimum Gasteiger partial charge on any atom is -0.393 e. The second-order valence-corrected chi connectivity index (χ2v) is 13.0. The van der Waals surface area contributed by atoms with Crippen molar-refractivity contribution in [1.29, 1.82) is 0 Å². The number of fused-ring (bicyclic) bond motifs is 4. The summed E-state index contributed by atoms with van der Waals surface area (Å²) in [4.78, 5) is 12.5. The second kappa shape index (κ2) is 7.86. The zero-order valence-corrected chi connectivity index (χ0v) is 21.2. The minimum atomic E-state index is -0.149. The van der Waals surface area contributed by atoms with Crippen LogP contribution in [0.4, 0.5) is 0 Å². The molecule has 0 amide bonds. The zero-order chi connectivity index (χ0) is 22.8. The smallest absolute Gasteiger partial charge is 0.155 e. The number of carbonyl (C=O) groups excluding carboxylic acids is 1. The largest absolute Gasteiger partial charge is 0.393 e. The lowest BCUT2D eigenvalue weighted by Crippen LogP contribution is -2.56. The van der Waals surface area contributed by atoms with Crippen LogP contribution in [0.1, 0.15) is 106 Å². The van der Waals surface area contributed by atoms with Crippen LogP contribution in [0.3, 0.4) is 0 Å². The van der Waals surface area contributed by atoms with E-state index in [0.29, 0.717) is 46.7 Å². The van der Waals surface area contributed by atoms with Gasteiger partial charge in [0, 0.05) is 6.42 Å². The third-order valence-electron chi connectivity index (χ3n) is 10.6. The van der Waals surface area contributed by atoms with Gasteiger partial charge in [0.1, 0.15) is 0 Å². The summed E-state index contributed by atoms with van der Waals surface area (Å²) in [5.41, 5.74) is 5.38. The lowest BCUT2D eigenvalue weighted by Gasteiger charge is -2.61. The number of aliphatic hydroxyl groups is 1. The third-order valence-corrected chi connectivity index (χ3v) is 10.6. The Morgan fingerprint density at radius 1 is 1.06 bits per heavy atom. The SMILES string of the molecule is CC(C)=CC(=O)CC(C)C1CCC2=C3CCC4C(C)(C)C(O)CCC4(C)C3CCC21C. The van der Waals surface area contributed by atoms with E-state index in [9.17, 15) is 9.90 Å². The number of carbonyl (C=O) groups is 1. The molecule has 4 rings (SSSR count). The van der Waals surface area contributed by atoms with Gasteiger partial charge in [-0.15, -0.1) is 0 Å². The molecule has 4 aliphatic carbocycles. The molecule has 0 radical (unpaired) electrons. The van der Waals surface area contributed by atoms with Crippen LogP contribution in [0, 0.1) is 39.9 Å². The van der Waals surface area contributed by atoms with E-state index < -0.39 is 0 Å². The summed E-state index contributed by atoms with van der Waals surface area (Å²) in [6, 6.07) is 0. The molecule has 2 heteroatoms. The van der Waals surface area contributed by atoms with E-state index in [4.69, 9.17) is 0 Å². The lowest BCUT2D eigenvalue weighted by molar-refractivity contribution is -0.128. The van der Waals surface area contributed by atoms with Gasteiger partial charge in [-0.25, -0.2) is 0 Å². The first-order valence-electron chi connectivity index (χ1n) is 13.0. The highest BCUT2D eigenvalue weighted by Crippen LogP contribution is 2.68. The van der Waals surface area contributed by atoms with Crippen molar-refractivity contribution in [2.45, 2.75) is 112 Å². The molecule has 0 aromatic heterocycles. The first-order valence-corrected chi connectivity index (χ1v) is 13.0. The van der Waals surface area contributed by atoms with Crippen molar-refractivity contribution >= 4 is 5.78 Å². The van der Waals surface area contributed by atoms with Crippen LogP contribution in [0.25, 0.3) is 0 Å². The molecule has 0 bridgehead atoms. The van der Waals surface area contributed by atoms with Crippen LogP contribution in [-0.2, 0) is 4.79 Å². The van der Waals surface area contributed by atoms with E-state index in [2.05, 4.69) is 34.6 Å². The zero-order valence-electron chi connectivity index (χ0n) is 21.2. The predicted molar refractivity (Wildman–Crippen MR) is 129 cm³/mol. The van der Waals surface area contributed by atoms with E-state index in [1.54, 1.807) is 5.57 Å². The molecule has 0 heterocycles. The predicted octanol–water partition coefficient (Wildman–Crippen LogP) is 7.27. The van der Waals surface area contributed by atoms with Gasteiger partial charge in [0.2, 0.25) is 0 Å². The number of hydrogen-bond acceptors (Lipinski definition) is 2. The highest BCUT2D eigenvalue weighted by atomic mass is 16.3. The quantitative estimate of drug-likeness (QED) is 0.379. The molecule has 174 valence electrons. The Balaban J connectivity index is 1.61. The molecule has 2 nitrogen and oxygen atoms in total. The molecule has 0 aromatic carbocycles. The number of aliphatic hydroxyl groups excluding tert-OH is 1. The lowest BCUT2D eigenvalue weighted by atomic mass is 9.44. The summed E-state index contributed by atoms with van der Waals surface area (Å²) >= 11 is 0. The highest BCUT2D eigenvalue weighted by Gasteiger charge is 2.59. The van der Waals surface area contributed by atoms with Crippen LogP contribution in [0.2, 0.25) is 0 Å². The maximum atomic E-state index is 12.5. The highest BCUT2D eigenvalue weighted by molar-refractivity contribution is 5.90. The van der Waals surface area contributed by atoms with E-state index in [0.717, 1.165) is 12.0 Å². The number of hydrogen-bond donors (Lipinski definition) is 1. The monoisotopic (exact) mass is 426 g/mol. The van der Waals surface area contributed by atoms with E-state index in [-0.39, 0.29) is 11.5 Å². The molecule has 3 fully saturated rings. The molecule has 31 heavy (non-hydrogen) atoms. The first kappa shape index (κ1) is 23.3. The van der Waals surface area contributed by atoms with Crippen molar-refractivity contribution in [2.75, 3.05) is 0 Å². The molecule has 0 aromatic rings. The molecule has 4 aliphatic rings. The summed E-state index contributed by atoms with van der Waals surface area (Å²) in [6.45, 7) is 16.1. The summed E-state index contributed by atoms with van der Waals surface area (Å²) < 4.78 is 0. The van der Waals surface area contributed by atoms with Gasteiger partial charge in [0.15, 0.2) is 5.78 Å². The van der Waals surface area contributed by atoms with E-state index >= 15 is 0 Å². The third kappa shape index (κ3) is 3.60. The Labute approximate surface area is 191 Å². The van der Waals surface area contributed by atoms with E-state index in [1.807, 2.05) is 25.5 Å². The molecule has 1 N–H and O–H groups in total. The van der Waals surface area contributed by atoms with Crippen LogP contribution in [-0.4, -0.2) is 17.0 Å². The molecular formula is C29H46O2. The maximum absolute atomic E-state index is 12.5. The molecule has 0 spiro atoms. The van der Waals surface area contributed by atoms with Gasteiger partial charge >= 0.3 is 0 Å². The normalized spacial score (nSPS) is 42.3. The Morgan fingerprint density at radius 2 is 1.77 bits per heavy atom. The standard InChI is InChI=1S/C29H46O2/c1-18(2)16-20(30)17-19(3)22-9-10-23-21-8-11-25-27(4,5)26(31)13-15-29(25,7)24(21)12-14-28(22,23)6/h16,19,22,24-26,31H,8-15,17H2,1-7H3. The fourth-order valence-electron chi connectivity index (χ4n) is 9.12. The van der Waals surface area contributed by atoms with Crippen molar-refractivity contribution < 1.29 is 9.90 Å². The number of allylic oxidation sites excluding steroid dienone is 4. The first-order chi connectivity index (χ1) is 14.4. The summed E-state index contributed by atoms with van der Waals surface area (Å²) in [7, 11) is 0. The maximum Gasteiger partial charge on any atom is 0.155 e. The average molecular weight is 427 g/mol. The Bertz CT molecular complexity index is 798. The van der Waals surface area contributed by atoms with Crippen LogP contribution in [0.15, 0.2) is 22.8 Å². The van der Waals surface area contributed by atoms with Crippen molar-refractivity contribution in [3.63, 3.8) is 0 Å². The fourth-order valence-corrected chi connectivity index (χ4v) is 9.12. The number of ketones is 1. The Hall–Kier alpha value is -0.890. The Kier molecular flexibility index (Phi) is 5.90. The molecule has 7 unspecified atom stereocenters. The van der Waals surface area contributed by atoms with Gasteiger partial charge in [-0.2, -0.15) is 0 Å². The Morgan fingerprint density at radius 3 is 2.45 bits per heavy atom. The van der Waals surface area contributed by atoms with Gasteiger partial charge < -0.3 is 5.11 Å². The second-order valence-electron chi connectivity index (χ2n) is 13.0. The van der Waals surface area contributed by atoms with Crippen molar-refractivity contribution in [3.8, 4) is 0 Å². The van der Waals surface area contributed by atoms with Gasteiger partial charge in [0.25, 0.3) is 0 Å². The van der Waals surface area contributed by atoms with Crippen LogP contribution in [0.5, 0.6) is 0 Å². The minimum absolute atomic E-state index is 0.0297. The number of rotatable bonds is 4. The van der Waals surface area contributed by atoms with Gasteiger partial charge in [-0.1, -0.05) is 51.3 Å². The molecule has 7 atom stereocenters. The van der Waals surface area contributed by atoms with Gasteiger partial charge in [-0.3, -0.25) is 4.79 Å². The topological polar surface area (TPSA) is 37.3 Å². The fraction of sp³-hybridized carbons (Fsp3) is 0.828. The van der Waals surface area contributed by atoms with Gasteiger partial charge in [0.05, 0.1) is 6.10 Å². The summed E-state index contributed by atoms with van der Waals surface area (Å²) in [5, 5.41) is 10.8. The summed E-state index contributed by atoms with van der Waals surface area (Å²) in [5.74, 6) is 2.74. The van der Waals surface area contributed by atoms with Crippen molar-refractivity contribution in [2.24, 2.45) is 39.9 Å². The molecule has 0 saturated heterocycles. The van der Waals surface area contributed by atoms with Crippen molar-refractivity contribution in [1.82, 2.24) is 0 Å². The summed E-state index contributed by atoms with van der Waals surface area (Å²) in [6.07, 6.45) is 12.1. The average Bonchev–Trinajstić information content (AvgIpc) is 3.02. The molecule has 0 aliphatic heterocycles. The molecular weight excluding hydrogens is 380 g/mol. The van der Waals surface area contributed by atoms with Crippen LogP contribution < -0.4 is 0 Å². The van der Waals surface area contributed by atoms with Crippen molar-refractivity contribution in [3.05, 3.63) is 22.8 Å². The molecule has 3 saturated carbocycles. The van der Waals surface area contributed by atoms with Crippen LogP contribution >= 0.6 is 0 Å².